The Bertz CT molecular complexity index is 671. The average Bonchev–Trinajstić information content (AvgIpc) is 2.68. The molecule has 3 rings (SSSR count). The predicted molar refractivity (Wildman–Crippen MR) is 90.9 cm³/mol. The maximum absolute atomic E-state index is 12.6. The van der Waals surface area contributed by atoms with Crippen LogP contribution in [-0.2, 0) is 9.53 Å². The van der Waals surface area contributed by atoms with Crippen molar-refractivity contribution in [2.45, 2.75) is 0 Å². The van der Waals surface area contributed by atoms with Crippen LogP contribution in [-0.4, -0.2) is 85.5 Å². The van der Waals surface area contributed by atoms with Gasteiger partial charge >= 0.3 is 0 Å². The van der Waals surface area contributed by atoms with Crippen LogP contribution in [0, 0.1) is 11.3 Å². The highest BCUT2D eigenvalue weighted by Gasteiger charge is 2.25. The first-order valence-electron chi connectivity index (χ1n) is 8.54. The van der Waals surface area contributed by atoms with Crippen molar-refractivity contribution in [2.75, 3.05) is 59.0 Å². The highest BCUT2D eigenvalue weighted by molar-refractivity contribution is 5.94. The third-order valence-electron chi connectivity index (χ3n) is 4.62. The van der Waals surface area contributed by atoms with E-state index in [1.165, 1.54) is 0 Å². The molecule has 2 heterocycles. The van der Waals surface area contributed by atoms with Gasteiger partial charge in [0, 0.05) is 44.8 Å². The smallest absolute Gasteiger partial charge is 0.253 e. The lowest BCUT2D eigenvalue weighted by Gasteiger charge is -2.36. The summed E-state index contributed by atoms with van der Waals surface area (Å²) in [6.07, 6.45) is 0. The number of nitriles is 1. The Morgan fingerprint density at radius 1 is 1.04 bits per heavy atom. The molecule has 0 aliphatic carbocycles. The number of carbonyl (C=O) groups excluding carboxylic acids is 2. The number of hydrogen-bond donors (Lipinski definition) is 0. The molecular weight excluding hydrogens is 320 g/mol. The summed E-state index contributed by atoms with van der Waals surface area (Å²) in [6.45, 7) is 5.47. The molecule has 0 saturated carbocycles. The number of carbonyl (C=O) groups is 2. The van der Waals surface area contributed by atoms with Crippen molar-refractivity contribution >= 4 is 11.8 Å². The molecule has 2 saturated heterocycles. The zero-order chi connectivity index (χ0) is 17.6. The largest absolute Gasteiger partial charge is 0.378 e. The second kappa shape index (κ2) is 8.10. The molecule has 2 aliphatic heterocycles. The van der Waals surface area contributed by atoms with Crippen molar-refractivity contribution in [3.63, 3.8) is 0 Å². The lowest BCUT2D eigenvalue weighted by molar-refractivity contribution is -0.136. The molecule has 25 heavy (non-hydrogen) atoms. The quantitative estimate of drug-likeness (QED) is 0.783. The van der Waals surface area contributed by atoms with Gasteiger partial charge < -0.3 is 14.5 Å². The fourth-order valence-corrected chi connectivity index (χ4v) is 3.12. The van der Waals surface area contributed by atoms with Gasteiger partial charge in [0.25, 0.3) is 5.91 Å². The molecule has 0 spiro atoms. The van der Waals surface area contributed by atoms with Crippen LogP contribution < -0.4 is 0 Å². The fraction of sp³-hybridized carbons (Fsp3) is 0.500. The highest BCUT2D eigenvalue weighted by atomic mass is 16.5. The van der Waals surface area contributed by atoms with Gasteiger partial charge in [-0.15, -0.1) is 0 Å². The third kappa shape index (κ3) is 4.35. The number of ether oxygens (including phenoxy) is 1. The lowest BCUT2D eigenvalue weighted by atomic mass is 10.1. The SMILES string of the molecule is N#Cc1cccc(C(=O)N2CCN(CC(=O)N3CCOCC3)CC2)c1. The Morgan fingerprint density at radius 2 is 1.76 bits per heavy atom. The maximum Gasteiger partial charge on any atom is 0.253 e. The van der Waals surface area contributed by atoms with Gasteiger partial charge in [0.1, 0.15) is 0 Å². The molecule has 2 aliphatic rings. The summed E-state index contributed by atoms with van der Waals surface area (Å²) in [5.41, 5.74) is 1.03. The van der Waals surface area contributed by atoms with Crippen LogP contribution >= 0.6 is 0 Å². The zero-order valence-corrected chi connectivity index (χ0v) is 14.2. The van der Waals surface area contributed by atoms with Gasteiger partial charge in [-0.25, -0.2) is 0 Å². The molecule has 0 atom stereocenters. The first-order valence-corrected chi connectivity index (χ1v) is 8.54. The van der Waals surface area contributed by atoms with Crippen molar-refractivity contribution in [1.82, 2.24) is 14.7 Å². The minimum atomic E-state index is -0.0590. The van der Waals surface area contributed by atoms with Crippen molar-refractivity contribution in [2.24, 2.45) is 0 Å². The monoisotopic (exact) mass is 342 g/mol. The maximum atomic E-state index is 12.6. The first kappa shape index (κ1) is 17.4. The van der Waals surface area contributed by atoms with Gasteiger partial charge in [-0.1, -0.05) is 6.07 Å². The second-order valence-corrected chi connectivity index (χ2v) is 6.25. The normalized spacial score (nSPS) is 18.7. The number of hydrogen-bond acceptors (Lipinski definition) is 5. The minimum Gasteiger partial charge on any atom is -0.378 e. The summed E-state index contributed by atoms with van der Waals surface area (Å²) in [4.78, 5) is 30.6. The summed E-state index contributed by atoms with van der Waals surface area (Å²) in [7, 11) is 0. The number of piperazine rings is 1. The number of rotatable bonds is 3. The summed E-state index contributed by atoms with van der Waals surface area (Å²) in [5, 5.41) is 8.95. The van der Waals surface area contributed by atoms with Crippen LogP contribution in [0.5, 0.6) is 0 Å². The lowest BCUT2D eigenvalue weighted by Crippen LogP contribution is -2.52. The van der Waals surface area contributed by atoms with Crippen molar-refractivity contribution < 1.29 is 14.3 Å². The van der Waals surface area contributed by atoms with Gasteiger partial charge in [-0.05, 0) is 18.2 Å². The van der Waals surface area contributed by atoms with Gasteiger partial charge in [-0.2, -0.15) is 5.26 Å². The third-order valence-corrected chi connectivity index (χ3v) is 4.62. The van der Waals surface area contributed by atoms with E-state index in [2.05, 4.69) is 11.0 Å². The molecule has 7 nitrogen and oxygen atoms in total. The number of morpholine rings is 1. The second-order valence-electron chi connectivity index (χ2n) is 6.25. The molecule has 0 radical (unpaired) electrons. The molecule has 0 N–H and O–H groups in total. The molecule has 7 heteroatoms. The van der Waals surface area contributed by atoms with Crippen molar-refractivity contribution in [1.29, 1.82) is 5.26 Å². The van der Waals surface area contributed by atoms with Crippen LogP contribution in [0.1, 0.15) is 15.9 Å². The standard InChI is InChI=1S/C18H22N4O3/c19-13-15-2-1-3-16(12-15)18(24)22-6-4-20(5-7-22)14-17(23)21-8-10-25-11-9-21/h1-3,12H,4-11,14H2. The van der Waals surface area contributed by atoms with Crippen molar-refractivity contribution in [3.8, 4) is 6.07 Å². The Balaban J connectivity index is 1.50. The van der Waals surface area contributed by atoms with Gasteiger partial charge in [0.2, 0.25) is 5.91 Å². The van der Waals surface area contributed by atoms with Gasteiger partial charge in [0.15, 0.2) is 0 Å². The van der Waals surface area contributed by atoms with E-state index < -0.39 is 0 Å². The van der Waals surface area contributed by atoms with Gasteiger partial charge in [0.05, 0.1) is 31.4 Å². The van der Waals surface area contributed by atoms with Crippen LogP contribution in [0.25, 0.3) is 0 Å². The van der Waals surface area contributed by atoms with Crippen LogP contribution in [0.4, 0.5) is 0 Å². The Morgan fingerprint density at radius 3 is 2.44 bits per heavy atom. The predicted octanol–water partition coefficient (Wildman–Crippen LogP) is 0.175. The molecule has 0 aromatic heterocycles. The van der Waals surface area contributed by atoms with E-state index in [0.717, 1.165) is 0 Å². The minimum absolute atomic E-state index is 0.0590. The molecular formula is C18H22N4O3. The molecule has 0 bridgehead atoms. The van der Waals surface area contributed by atoms with E-state index in [-0.39, 0.29) is 11.8 Å². The number of nitrogens with zero attached hydrogens (tertiary/aromatic N) is 4. The van der Waals surface area contributed by atoms with Crippen molar-refractivity contribution in [3.05, 3.63) is 35.4 Å². The summed E-state index contributed by atoms with van der Waals surface area (Å²) in [5.74, 6) is 0.0704. The summed E-state index contributed by atoms with van der Waals surface area (Å²) >= 11 is 0. The van der Waals surface area contributed by atoms with Crippen LogP contribution in [0.3, 0.4) is 0 Å². The average molecular weight is 342 g/mol. The molecule has 1 aromatic rings. The topological polar surface area (TPSA) is 76.9 Å². The highest BCUT2D eigenvalue weighted by Crippen LogP contribution is 2.11. The molecule has 2 fully saturated rings. The van der Waals surface area contributed by atoms with E-state index in [0.29, 0.717) is 70.2 Å². The molecule has 2 amide bonds. The van der Waals surface area contributed by atoms with E-state index >= 15 is 0 Å². The van der Waals surface area contributed by atoms with E-state index in [9.17, 15) is 9.59 Å². The fourth-order valence-electron chi connectivity index (χ4n) is 3.12. The van der Waals surface area contributed by atoms with Crippen LogP contribution in [0.15, 0.2) is 24.3 Å². The van der Waals surface area contributed by atoms with E-state index in [4.69, 9.17) is 10.00 Å². The molecule has 0 unspecified atom stereocenters. The molecule has 132 valence electrons. The van der Waals surface area contributed by atoms with E-state index in [1.807, 2.05) is 4.90 Å². The Hall–Kier alpha value is -2.43. The summed E-state index contributed by atoms with van der Waals surface area (Å²) in [6, 6.07) is 8.82. The van der Waals surface area contributed by atoms with E-state index in [1.54, 1.807) is 29.2 Å². The Kier molecular flexibility index (Phi) is 5.64. The van der Waals surface area contributed by atoms with Gasteiger partial charge in [-0.3, -0.25) is 14.5 Å². The molecule has 1 aromatic carbocycles. The summed E-state index contributed by atoms with van der Waals surface area (Å²) < 4.78 is 5.27. The zero-order valence-electron chi connectivity index (χ0n) is 14.2. The van der Waals surface area contributed by atoms with Crippen LogP contribution in [0.2, 0.25) is 0 Å². The number of benzene rings is 1. The Labute approximate surface area is 147 Å². The number of amides is 2. The first-order chi connectivity index (χ1) is 12.2.